The van der Waals surface area contributed by atoms with Crippen LogP contribution in [0.2, 0.25) is 5.02 Å². The highest BCUT2D eigenvalue weighted by molar-refractivity contribution is 7.79. The van der Waals surface area contributed by atoms with E-state index in [4.69, 9.17) is 16.2 Å². The molecule has 0 spiro atoms. The Hall–Kier alpha value is -1.48. The van der Waals surface area contributed by atoms with Gasteiger partial charge in [0.2, 0.25) is 11.1 Å². The average molecular weight is 319 g/mol. The van der Waals surface area contributed by atoms with Crippen molar-refractivity contribution in [3.8, 4) is 5.75 Å². The zero-order chi connectivity index (χ0) is 14.0. The number of halogens is 1. The zero-order valence-corrected chi connectivity index (χ0v) is 11.6. The summed E-state index contributed by atoms with van der Waals surface area (Å²) in [5, 5.41) is 13.3. The SMILES string of the molecule is O=C(Nc1nc(S(=O)O)cs1)c1ccc(O)c(Cl)c1. The van der Waals surface area contributed by atoms with E-state index in [1.54, 1.807) is 0 Å². The van der Waals surface area contributed by atoms with Crippen molar-refractivity contribution in [1.29, 1.82) is 0 Å². The number of nitrogens with one attached hydrogen (secondary N) is 1. The molecule has 0 aliphatic heterocycles. The fourth-order valence-electron chi connectivity index (χ4n) is 1.21. The largest absolute Gasteiger partial charge is 0.506 e. The third-order valence-corrected chi connectivity index (χ3v) is 3.87. The minimum absolute atomic E-state index is 0.0240. The second kappa shape index (κ2) is 5.66. The maximum Gasteiger partial charge on any atom is 0.257 e. The summed E-state index contributed by atoms with van der Waals surface area (Å²) in [6.07, 6.45) is 0. The third-order valence-electron chi connectivity index (χ3n) is 2.09. The van der Waals surface area contributed by atoms with Crippen molar-refractivity contribution >= 4 is 45.1 Å². The quantitative estimate of drug-likeness (QED) is 0.754. The van der Waals surface area contributed by atoms with Crippen molar-refractivity contribution in [3.05, 3.63) is 34.2 Å². The molecule has 1 aromatic heterocycles. The lowest BCUT2D eigenvalue weighted by Crippen LogP contribution is -2.11. The van der Waals surface area contributed by atoms with Gasteiger partial charge in [-0.2, -0.15) is 0 Å². The Bertz CT molecular complexity index is 659. The van der Waals surface area contributed by atoms with Crippen LogP contribution in [0.5, 0.6) is 5.75 Å². The molecule has 1 heterocycles. The maximum atomic E-state index is 11.8. The van der Waals surface area contributed by atoms with Crippen LogP contribution < -0.4 is 5.32 Å². The van der Waals surface area contributed by atoms with E-state index < -0.39 is 17.0 Å². The molecule has 0 radical (unpaired) electrons. The van der Waals surface area contributed by atoms with Gasteiger partial charge < -0.3 is 9.66 Å². The van der Waals surface area contributed by atoms with E-state index in [1.807, 2.05) is 0 Å². The first-order valence-electron chi connectivity index (χ1n) is 4.83. The minimum atomic E-state index is -2.18. The van der Waals surface area contributed by atoms with E-state index in [0.29, 0.717) is 0 Å². The standard InChI is InChI=1S/C10H7ClN2O4S2/c11-6-3-5(1-2-7(6)14)9(15)13-10-12-8(4-18-10)19(16)17/h1-4,14H,(H,16,17)(H,12,13,15). The van der Waals surface area contributed by atoms with Crippen LogP contribution in [0.4, 0.5) is 5.13 Å². The topological polar surface area (TPSA) is 99.5 Å². The van der Waals surface area contributed by atoms with Crippen molar-refractivity contribution in [1.82, 2.24) is 4.98 Å². The molecule has 9 heteroatoms. The Labute approximate surface area is 119 Å². The summed E-state index contributed by atoms with van der Waals surface area (Å²) in [7, 11) is 0. The van der Waals surface area contributed by atoms with Crippen molar-refractivity contribution in [2.45, 2.75) is 5.03 Å². The van der Waals surface area contributed by atoms with Crippen molar-refractivity contribution < 1.29 is 18.7 Å². The number of aromatic nitrogens is 1. The molecule has 1 aromatic carbocycles. The summed E-state index contributed by atoms with van der Waals surface area (Å²) in [5.41, 5.74) is 0.240. The molecular weight excluding hydrogens is 312 g/mol. The van der Waals surface area contributed by atoms with Crippen LogP contribution >= 0.6 is 22.9 Å². The van der Waals surface area contributed by atoms with Gasteiger partial charge in [-0.05, 0) is 18.2 Å². The molecule has 0 bridgehead atoms. The molecule has 1 atom stereocenters. The normalized spacial score (nSPS) is 12.1. The van der Waals surface area contributed by atoms with E-state index in [9.17, 15) is 14.1 Å². The van der Waals surface area contributed by atoms with Crippen molar-refractivity contribution in [3.63, 3.8) is 0 Å². The molecule has 0 saturated carbocycles. The number of phenols is 1. The number of amides is 1. The molecule has 0 aliphatic rings. The predicted octanol–water partition coefficient (Wildman–Crippen LogP) is 2.33. The summed E-state index contributed by atoms with van der Waals surface area (Å²) < 4.78 is 19.6. The Morgan fingerprint density at radius 1 is 1.47 bits per heavy atom. The zero-order valence-electron chi connectivity index (χ0n) is 9.16. The molecule has 1 amide bonds. The summed E-state index contributed by atoms with van der Waals surface area (Å²) in [4.78, 5) is 15.6. The molecule has 0 aliphatic carbocycles. The highest BCUT2D eigenvalue weighted by Crippen LogP contribution is 2.24. The predicted molar refractivity (Wildman–Crippen MR) is 72.2 cm³/mol. The Morgan fingerprint density at radius 2 is 2.21 bits per heavy atom. The number of carbonyl (C=O) groups excluding carboxylic acids is 1. The molecule has 0 fully saturated rings. The van der Waals surface area contributed by atoms with Gasteiger partial charge >= 0.3 is 0 Å². The monoisotopic (exact) mass is 318 g/mol. The van der Waals surface area contributed by atoms with Crippen LogP contribution in [-0.2, 0) is 11.1 Å². The summed E-state index contributed by atoms with van der Waals surface area (Å²) in [6, 6.07) is 4.01. The van der Waals surface area contributed by atoms with E-state index in [1.165, 1.54) is 23.6 Å². The van der Waals surface area contributed by atoms with Crippen LogP contribution in [-0.4, -0.2) is 24.8 Å². The Kier molecular flexibility index (Phi) is 4.15. The first-order valence-corrected chi connectivity index (χ1v) is 7.20. The van der Waals surface area contributed by atoms with E-state index in [2.05, 4.69) is 10.3 Å². The first kappa shape index (κ1) is 13.9. The van der Waals surface area contributed by atoms with Gasteiger partial charge in [-0.3, -0.25) is 10.1 Å². The van der Waals surface area contributed by atoms with Gasteiger partial charge in [0.05, 0.1) is 5.02 Å². The van der Waals surface area contributed by atoms with Gasteiger partial charge in [0, 0.05) is 10.9 Å². The van der Waals surface area contributed by atoms with E-state index in [0.717, 1.165) is 11.3 Å². The smallest absolute Gasteiger partial charge is 0.257 e. The van der Waals surface area contributed by atoms with Gasteiger partial charge in [-0.1, -0.05) is 11.6 Å². The molecule has 2 aromatic rings. The summed E-state index contributed by atoms with van der Waals surface area (Å²) >= 11 is 4.54. The van der Waals surface area contributed by atoms with E-state index in [-0.39, 0.29) is 26.5 Å². The molecule has 19 heavy (non-hydrogen) atoms. The number of carbonyl (C=O) groups is 1. The number of rotatable bonds is 3. The maximum absolute atomic E-state index is 11.8. The molecule has 100 valence electrons. The summed E-state index contributed by atoms with van der Waals surface area (Å²) in [6.45, 7) is 0. The molecule has 0 saturated heterocycles. The van der Waals surface area contributed by atoms with Gasteiger partial charge in [0.25, 0.3) is 5.91 Å². The first-order chi connectivity index (χ1) is 8.97. The molecule has 1 unspecified atom stereocenters. The number of aromatic hydroxyl groups is 1. The van der Waals surface area contributed by atoms with Gasteiger partial charge in [0.15, 0.2) is 10.2 Å². The number of benzene rings is 1. The van der Waals surface area contributed by atoms with Crippen LogP contribution in [0.1, 0.15) is 10.4 Å². The lowest BCUT2D eigenvalue weighted by atomic mass is 10.2. The third kappa shape index (κ3) is 3.29. The fourth-order valence-corrected chi connectivity index (χ4v) is 2.66. The van der Waals surface area contributed by atoms with Crippen LogP contribution in [0.3, 0.4) is 0 Å². The van der Waals surface area contributed by atoms with Crippen LogP contribution in [0.25, 0.3) is 0 Å². The number of nitrogens with zero attached hydrogens (tertiary/aromatic N) is 1. The number of hydrogen-bond donors (Lipinski definition) is 3. The molecule has 6 nitrogen and oxygen atoms in total. The number of anilines is 1. The van der Waals surface area contributed by atoms with Crippen molar-refractivity contribution in [2.75, 3.05) is 5.32 Å². The second-order valence-corrected chi connectivity index (χ2v) is 5.54. The summed E-state index contributed by atoms with van der Waals surface area (Å²) in [5.74, 6) is -0.600. The van der Waals surface area contributed by atoms with E-state index >= 15 is 0 Å². The molecular formula is C10H7ClN2O4S2. The highest BCUT2D eigenvalue weighted by Gasteiger charge is 2.12. The van der Waals surface area contributed by atoms with Crippen molar-refractivity contribution in [2.24, 2.45) is 0 Å². The number of phenolic OH excluding ortho intramolecular Hbond substituents is 1. The molecule has 3 N–H and O–H groups in total. The lowest BCUT2D eigenvalue weighted by molar-refractivity contribution is 0.102. The van der Waals surface area contributed by atoms with Crippen LogP contribution in [0.15, 0.2) is 28.6 Å². The number of hydrogen-bond acceptors (Lipinski definition) is 5. The highest BCUT2D eigenvalue weighted by atomic mass is 35.5. The number of thiazole rings is 1. The Balaban J connectivity index is 2.15. The fraction of sp³-hybridized carbons (Fsp3) is 0. The van der Waals surface area contributed by atoms with Gasteiger partial charge in [-0.25, -0.2) is 9.19 Å². The molecule has 2 rings (SSSR count). The van der Waals surface area contributed by atoms with Gasteiger partial charge in [-0.15, -0.1) is 11.3 Å². The van der Waals surface area contributed by atoms with Crippen LogP contribution in [0, 0.1) is 0 Å². The lowest BCUT2D eigenvalue weighted by Gasteiger charge is -2.03. The second-order valence-electron chi connectivity index (χ2n) is 3.36. The van der Waals surface area contributed by atoms with Gasteiger partial charge in [0.1, 0.15) is 5.75 Å². The average Bonchev–Trinajstić information content (AvgIpc) is 2.81. The minimum Gasteiger partial charge on any atom is -0.506 e. The Morgan fingerprint density at radius 3 is 2.79 bits per heavy atom.